The number of nitriles is 1. The predicted octanol–water partition coefficient (Wildman–Crippen LogP) is 4.08. The van der Waals surface area contributed by atoms with Gasteiger partial charge >= 0.3 is 5.97 Å². The van der Waals surface area contributed by atoms with E-state index in [1.54, 1.807) is 6.07 Å². The van der Waals surface area contributed by atoms with Crippen molar-refractivity contribution in [1.29, 1.82) is 5.26 Å². The zero-order valence-corrected chi connectivity index (χ0v) is 15.4. The Hall–Kier alpha value is -2.46. The molecule has 0 atom stereocenters. The first-order chi connectivity index (χ1) is 12.4. The van der Waals surface area contributed by atoms with Gasteiger partial charge in [-0.25, -0.2) is 4.79 Å². The zero-order valence-electron chi connectivity index (χ0n) is 13.1. The van der Waals surface area contributed by atoms with Crippen LogP contribution >= 0.6 is 34.8 Å². The molecule has 0 fully saturated rings. The van der Waals surface area contributed by atoms with Crippen LogP contribution in [0.3, 0.4) is 0 Å². The molecule has 0 aliphatic carbocycles. The molecule has 0 radical (unpaired) electrons. The number of halogens is 3. The quantitative estimate of drug-likeness (QED) is 0.721. The van der Waals surface area contributed by atoms with E-state index in [1.807, 2.05) is 6.07 Å². The van der Waals surface area contributed by atoms with Gasteiger partial charge < -0.3 is 14.8 Å². The monoisotopic (exact) mass is 412 g/mol. The highest BCUT2D eigenvalue weighted by Gasteiger charge is 2.11. The number of amides is 1. The molecule has 0 saturated carbocycles. The number of hydrogen-bond acceptors (Lipinski definition) is 5. The van der Waals surface area contributed by atoms with Gasteiger partial charge in [0.25, 0.3) is 5.91 Å². The second-order valence-electron chi connectivity index (χ2n) is 4.88. The van der Waals surface area contributed by atoms with Crippen molar-refractivity contribution < 1.29 is 19.1 Å². The molecule has 134 valence electrons. The Morgan fingerprint density at radius 3 is 2.46 bits per heavy atom. The Kier molecular flexibility index (Phi) is 7.10. The number of carbonyl (C=O) groups is 2. The van der Waals surface area contributed by atoms with E-state index < -0.39 is 25.1 Å². The van der Waals surface area contributed by atoms with Gasteiger partial charge in [0, 0.05) is 10.7 Å². The number of carbonyl (C=O) groups excluding carboxylic acids is 2. The third-order valence-corrected chi connectivity index (χ3v) is 3.82. The first-order valence-corrected chi connectivity index (χ1v) is 8.25. The topological polar surface area (TPSA) is 88.4 Å². The molecule has 2 rings (SSSR count). The second kappa shape index (κ2) is 9.30. The summed E-state index contributed by atoms with van der Waals surface area (Å²) in [5, 5.41) is 12.2. The highest BCUT2D eigenvalue weighted by atomic mass is 35.5. The molecule has 2 aromatic rings. The van der Waals surface area contributed by atoms with E-state index in [0.29, 0.717) is 10.7 Å². The van der Waals surface area contributed by atoms with Gasteiger partial charge in [0.2, 0.25) is 0 Å². The summed E-state index contributed by atoms with van der Waals surface area (Å²) in [7, 11) is 0. The van der Waals surface area contributed by atoms with Crippen LogP contribution in [0.1, 0.15) is 5.56 Å². The average Bonchev–Trinajstić information content (AvgIpc) is 2.59. The molecule has 0 spiro atoms. The van der Waals surface area contributed by atoms with Gasteiger partial charge in [0.15, 0.2) is 13.2 Å². The molecule has 1 N–H and O–H groups in total. The van der Waals surface area contributed by atoms with Gasteiger partial charge in [0.1, 0.15) is 11.8 Å². The molecular formula is C17H11Cl3N2O4. The highest BCUT2D eigenvalue weighted by Crippen LogP contribution is 2.27. The van der Waals surface area contributed by atoms with Crippen molar-refractivity contribution in [3.8, 4) is 11.8 Å². The fraction of sp³-hybridized carbons (Fsp3) is 0.118. The molecule has 0 bridgehead atoms. The van der Waals surface area contributed by atoms with Gasteiger partial charge in [-0.15, -0.1) is 0 Å². The van der Waals surface area contributed by atoms with Crippen LogP contribution in [0.4, 0.5) is 5.69 Å². The van der Waals surface area contributed by atoms with Crippen LogP contribution in [0.15, 0.2) is 36.4 Å². The van der Waals surface area contributed by atoms with Gasteiger partial charge in [0.05, 0.1) is 15.6 Å². The van der Waals surface area contributed by atoms with Gasteiger partial charge in [-0.3, -0.25) is 4.79 Å². The normalized spacial score (nSPS) is 9.92. The molecule has 1 amide bonds. The first kappa shape index (κ1) is 19.9. The molecule has 0 aliphatic rings. The van der Waals surface area contributed by atoms with E-state index in [1.165, 1.54) is 30.3 Å². The maximum atomic E-state index is 11.8. The maximum Gasteiger partial charge on any atom is 0.344 e. The number of esters is 1. The molecule has 9 heteroatoms. The lowest BCUT2D eigenvalue weighted by molar-refractivity contribution is -0.149. The molecule has 0 saturated heterocycles. The van der Waals surface area contributed by atoms with Crippen LogP contribution in [0.2, 0.25) is 15.1 Å². The molecule has 0 aliphatic heterocycles. The third-order valence-electron chi connectivity index (χ3n) is 2.98. The van der Waals surface area contributed by atoms with E-state index in [-0.39, 0.29) is 21.4 Å². The van der Waals surface area contributed by atoms with Crippen molar-refractivity contribution in [1.82, 2.24) is 0 Å². The van der Waals surface area contributed by atoms with Gasteiger partial charge in [-0.2, -0.15) is 5.26 Å². The highest BCUT2D eigenvalue weighted by molar-refractivity contribution is 6.35. The van der Waals surface area contributed by atoms with Crippen LogP contribution in [0.25, 0.3) is 0 Å². The Labute approximate surface area is 164 Å². The molecular weight excluding hydrogens is 403 g/mol. The summed E-state index contributed by atoms with van der Waals surface area (Å²) >= 11 is 17.5. The molecule has 0 heterocycles. The van der Waals surface area contributed by atoms with Crippen molar-refractivity contribution in [3.05, 3.63) is 57.0 Å². The Morgan fingerprint density at radius 1 is 1.04 bits per heavy atom. The van der Waals surface area contributed by atoms with Crippen molar-refractivity contribution >= 4 is 52.4 Å². The number of ether oxygens (including phenoxy) is 2. The fourth-order valence-corrected chi connectivity index (χ4v) is 2.48. The standard InChI is InChI=1S/C17H11Cl3N2O4/c18-11-2-4-15(14(20)5-11)25-9-17(24)26-8-16(23)22-12-3-1-10(7-21)13(19)6-12/h1-6H,8-9H2,(H,22,23). The maximum absolute atomic E-state index is 11.8. The van der Waals surface area contributed by atoms with Crippen LogP contribution in [0.5, 0.6) is 5.75 Å². The first-order valence-electron chi connectivity index (χ1n) is 7.12. The molecule has 26 heavy (non-hydrogen) atoms. The number of hydrogen-bond donors (Lipinski definition) is 1. The minimum atomic E-state index is -0.746. The molecule has 0 aromatic heterocycles. The third kappa shape index (κ3) is 5.81. The summed E-state index contributed by atoms with van der Waals surface area (Å²) in [4.78, 5) is 23.4. The van der Waals surface area contributed by atoms with E-state index in [9.17, 15) is 9.59 Å². The van der Waals surface area contributed by atoms with Crippen LogP contribution in [-0.4, -0.2) is 25.1 Å². The Balaban J connectivity index is 1.79. The van der Waals surface area contributed by atoms with Crippen molar-refractivity contribution in [3.63, 3.8) is 0 Å². The van der Waals surface area contributed by atoms with E-state index >= 15 is 0 Å². The largest absolute Gasteiger partial charge is 0.480 e. The SMILES string of the molecule is N#Cc1ccc(NC(=O)COC(=O)COc2ccc(Cl)cc2Cl)cc1Cl. The average molecular weight is 414 g/mol. The summed E-state index contributed by atoms with van der Waals surface area (Å²) < 4.78 is 10.0. The summed E-state index contributed by atoms with van der Waals surface area (Å²) in [6.45, 7) is -0.925. The van der Waals surface area contributed by atoms with E-state index in [0.717, 1.165) is 0 Å². The van der Waals surface area contributed by atoms with Crippen LogP contribution in [0, 0.1) is 11.3 Å². The molecule has 2 aromatic carbocycles. The van der Waals surface area contributed by atoms with Crippen LogP contribution < -0.4 is 10.1 Å². The lowest BCUT2D eigenvalue weighted by atomic mass is 10.2. The number of rotatable bonds is 6. The zero-order chi connectivity index (χ0) is 19.1. The summed E-state index contributed by atoms with van der Waals surface area (Å²) in [6, 6.07) is 10.8. The second-order valence-corrected chi connectivity index (χ2v) is 6.13. The number of nitrogens with zero attached hydrogens (tertiary/aromatic N) is 1. The fourth-order valence-electron chi connectivity index (χ4n) is 1.80. The number of anilines is 1. The summed E-state index contributed by atoms with van der Waals surface area (Å²) in [6.07, 6.45) is 0. The molecule has 6 nitrogen and oxygen atoms in total. The number of benzene rings is 2. The lowest BCUT2D eigenvalue weighted by Crippen LogP contribution is -2.23. The number of nitrogens with one attached hydrogen (secondary N) is 1. The van der Waals surface area contributed by atoms with Gasteiger partial charge in [-0.1, -0.05) is 34.8 Å². The molecule has 0 unspecified atom stereocenters. The van der Waals surface area contributed by atoms with Crippen LogP contribution in [-0.2, 0) is 14.3 Å². The van der Waals surface area contributed by atoms with Gasteiger partial charge in [-0.05, 0) is 36.4 Å². The minimum Gasteiger partial charge on any atom is -0.480 e. The Bertz CT molecular complexity index is 881. The van der Waals surface area contributed by atoms with Crippen molar-refractivity contribution in [2.45, 2.75) is 0 Å². The van der Waals surface area contributed by atoms with Crippen molar-refractivity contribution in [2.75, 3.05) is 18.5 Å². The lowest BCUT2D eigenvalue weighted by Gasteiger charge is -2.09. The Morgan fingerprint density at radius 2 is 1.81 bits per heavy atom. The summed E-state index contributed by atoms with van der Waals surface area (Å²) in [5.74, 6) is -1.04. The van der Waals surface area contributed by atoms with Crippen molar-refractivity contribution in [2.24, 2.45) is 0 Å². The smallest absolute Gasteiger partial charge is 0.344 e. The predicted molar refractivity (Wildman–Crippen MR) is 97.7 cm³/mol. The van der Waals surface area contributed by atoms with E-state index in [2.05, 4.69) is 5.32 Å². The summed E-state index contributed by atoms with van der Waals surface area (Å²) in [5.41, 5.74) is 0.661. The van der Waals surface area contributed by atoms with E-state index in [4.69, 9.17) is 49.5 Å². The minimum absolute atomic E-state index is 0.204.